The first-order valence-corrected chi connectivity index (χ1v) is 11.4. The van der Waals surface area contributed by atoms with E-state index in [1.165, 1.54) is 5.56 Å². The lowest BCUT2D eigenvalue weighted by molar-refractivity contribution is -0.137. The highest BCUT2D eigenvalue weighted by Gasteiger charge is 2.41. The summed E-state index contributed by atoms with van der Waals surface area (Å²) in [5, 5.41) is 22.2. The lowest BCUT2D eigenvalue weighted by Crippen LogP contribution is -2.49. The molecule has 0 aromatic heterocycles. The van der Waals surface area contributed by atoms with Crippen molar-refractivity contribution < 1.29 is 14.6 Å². The van der Waals surface area contributed by atoms with Crippen molar-refractivity contribution in [1.29, 1.82) is 5.26 Å². The summed E-state index contributed by atoms with van der Waals surface area (Å²) in [7, 11) is 0. The fourth-order valence-electron chi connectivity index (χ4n) is 4.63. The minimum absolute atomic E-state index is 0.0356. The van der Waals surface area contributed by atoms with Crippen LogP contribution in [0.5, 0.6) is 5.75 Å². The van der Waals surface area contributed by atoms with Gasteiger partial charge in [0.2, 0.25) is 0 Å². The molecule has 1 aliphatic heterocycles. The number of carboxylic acids is 1. The molecule has 0 amide bonds. The SMILES string of the molecule is N#Cc1ccccc1OCC1(CN[C@@H]2C[C@H]2c2ccccc2)CCN(CCC(=O)O)CC1. The fourth-order valence-corrected chi connectivity index (χ4v) is 4.63. The van der Waals surface area contributed by atoms with E-state index >= 15 is 0 Å². The number of piperidine rings is 1. The molecule has 1 saturated carbocycles. The van der Waals surface area contributed by atoms with E-state index in [4.69, 9.17) is 9.84 Å². The van der Waals surface area contributed by atoms with Crippen LogP contribution in [0.2, 0.25) is 0 Å². The van der Waals surface area contributed by atoms with Crippen LogP contribution in [0.15, 0.2) is 54.6 Å². The summed E-state index contributed by atoms with van der Waals surface area (Å²) in [6.45, 7) is 3.74. The van der Waals surface area contributed by atoms with Crippen LogP contribution in [-0.2, 0) is 4.79 Å². The van der Waals surface area contributed by atoms with Crippen LogP contribution in [0, 0.1) is 16.7 Å². The number of likely N-dealkylation sites (tertiary alicyclic amines) is 1. The number of hydrogen-bond donors (Lipinski definition) is 2. The van der Waals surface area contributed by atoms with E-state index in [2.05, 4.69) is 46.6 Å². The van der Waals surface area contributed by atoms with E-state index in [0.717, 1.165) is 38.9 Å². The molecule has 4 rings (SSSR count). The largest absolute Gasteiger partial charge is 0.492 e. The quantitative estimate of drug-likeness (QED) is 0.595. The molecule has 168 valence electrons. The summed E-state index contributed by atoms with van der Waals surface area (Å²) in [4.78, 5) is 13.2. The van der Waals surface area contributed by atoms with Crippen molar-refractivity contribution in [3.63, 3.8) is 0 Å². The second-order valence-electron chi connectivity index (χ2n) is 9.12. The highest BCUT2D eigenvalue weighted by molar-refractivity contribution is 5.66. The number of aliphatic carboxylic acids is 1. The number of para-hydroxylation sites is 1. The summed E-state index contributed by atoms with van der Waals surface area (Å²) < 4.78 is 6.19. The van der Waals surface area contributed by atoms with Crippen molar-refractivity contribution in [2.75, 3.05) is 32.8 Å². The standard InChI is InChI=1S/C26H31N3O3/c27-17-21-8-4-5-9-24(21)32-19-26(11-14-29(15-12-26)13-10-25(30)31)18-28-23-16-22(23)20-6-2-1-3-7-20/h1-9,22-23,28H,10-16,18-19H2,(H,30,31)/t22-,23+/m0/s1. The van der Waals surface area contributed by atoms with Crippen LogP contribution in [0.3, 0.4) is 0 Å². The summed E-state index contributed by atoms with van der Waals surface area (Å²) in [5.74, 6) is 0.459. The van der Waals surface area contributed by atoms with E-state index in [-0.39, 0.29) is 11.8 Å². The molecule has 32 heavy (non-hydrogen) atoms. The van der Waals surface area contributed by atoms with Crippen molar-refractivity contribution in [1.82, 2.24) is 10.2 Å². The Kier molecular flexibility index (Phi) is 7.09. The topological polar surface area (TPSA) is 85.6 Å². The van der Waals surface area contributed by atoms with Gasteiger partial charge in [-0.15, -0.1) is 0 Å². The van der Waals surface area contributed by atoms with Gasteiger partial charge in [-0.25, -0.2) is 0 Å². The van der Waals surface area contributed by atoms with E-state index in [0.29, 0.717) is 36.4 Å². The van der Waals surface area contributed by atoms with Crippen molar-refractivity contribution in [3.8, 4) is 11.8 Å². The number of ether oxygens (including phenoxy) is 1. The third kappa shape index (κ3) is 5.67. The lowest BCUT2D eigenvalue weighted by atomic mass is 9.78. The Morgan fingerprint density at radius 1 is 1.16 bits per heavy atom. The molecule has 2 aromatic carbocycles. The number of hydrogen-bond acceptors (Lipinski definition) is 5. The molecule has 2 atom stereocenters. The third-order valence-electron chi connectivity index (χ3n) is 6.86. The number of carbonyl (C=O) groups is 1. The predicted molar refractivity (Wildman–Crippen MR) is 123 cm³/mol. The van der Waals surface area contributed by atoms with Gasteiger partial charge in [0.05, 0.1) is 18.6 Å². The molecule has 1 heterocycles. The van der Waals surface area contributed by atoms with Crippen LogP contribution in [0.4, 0.5) is 0 Å². The predicted octanol–water partition coefficient (Wildman–Crippen LogP) is 3.64. The molecule has 1 saturated heterocycles. The Balaban J connectivity index is 1.38. The summed E-state index contributed by atoms with van der Waals surface area (Å²) >= 11 is 0. The smallest absolute Gasteiger partial charge is 0.304 e. The number of benzene rings is 2. The van der Waals surface area contributed by atoms with Gasteiger partial charge in [0.25, 0.3) is 0 Å². The van der Waals surface area contributed by atoms with Gasteiger partial charge in [-0.3, -0.25) is 4.79 Å². The average molecular weight is 434 g/mol. The normalized spacial score (nSPS) is 22.1. The van der Waals surface area contributed by atoms with Crippen molar-refractivity contribution in [2.45, 2.75) is 37.6 Å². The average Bonchev–Trinajstić information content (AvgIpc) is 3.62. The van der Waals surface area contributed by atoms with Gasteiger partial charge in [-0.05, 0) is 50.0 Å². The highest BCUT2D eigenvalue weighted by Crippen LogP contribution is 2.42. The molecule has 6 heteroatoms. The third-order valence-corrected chi connectivity index (χ3v) is 6.86. The van der Waals surface area contributed by atoms with Gasteiger partial charge in [0.1, 0.15) is 11.8 Å². The Morgan fingerprint density at radius 3 is 2.59 bits per heavy atom. The maximum Gasteiger partial charge on any atom is 0.304 e. The Hall–Kier alpha value is -2.88. The minimum atomic E-state index is -0.749. The zero-order chi connectivity index (χ0) is 22.4. The first-order valence-electron chi connectivity index (χ1n) is 11.4. The lowest BCUT2D eigenvalue weighted by Gasteiger charge is -2.42. The molecule has 6 nitrogen and oxygen atoms in total. The maximum absolute atomic E-state index is 10.9. The van der Waals surface area contributed by atoms with Gasteiger partial charge in [0.15, 0.2) is 0 Å². The van der Waals surface area contributed by atoms with Gasteiger partial charge in [0, 0.05) is 30.5 Å². The number of carboxylic acid groups (broad SMARTS) is 1. The zero-order valence-electron chi connectivity index (χ0n) is 18.4. The van der Waals surface area contributed by atoms with E-state index < -0.39 is 5.97 Å². The van der Waals surface area contributed by atoms with Gasteiger partial charge < -0.3 is 20.1 Å². The molecule has 0 unspecified atom stereocenters. The van der Waals surface area contributed by atoms with Crippen molar-refractivity contribution in [3.05, 3.63) is 65.7 Å². The summed E-state index contributed by atoms with van der Waals surface area (Å²) in [5.41, 5.74) is 1.91. The first-order chi connectivity index (χ1) is 15.6. The second-order valence-corrected chi connectivity index (χ2v) is 9.12. The fraction of sp³-hybridized carbons (Fsp3) is 0.462. The van der Waals surface area contributed by atoms with Crippen LogP contribution in [-0.4, -0.2) is 54.8 Å². The highest BCUT2D eigenvalue weighted by atomic mass is 16.5. The van der Waals surface area contributed by atoms with E-state index in [1.54, 1.807) is 6.07 Å². The van der Waals surface area contributed by atoms with Gasteiger partial charge in [-0.2, -0.15) is 5.26 Å². The number of nitrogens with one attached hydrogen (secondary N) is 1. The second kappa shape index (κ2) is 10.2. The number of nitrogens with zero attached hydrogens (tertiary/aromatic N) is 2. The summed E-state index contributed by atoms with van der Waals surface area (Å²) in [6.07, 6.45) is 3.22. The molecular formula is C26H31N3O3. The van der Waals surface area contributed by atoms with Gasteiger partial charge >= 0.3 is 5.97 Å². The Bertz CT molecular complexity index is 948. The molecule has 2 fully saturated rings. The van der Waals surface area contributed by atoms with Crippen molar-refractivity contribution in [2.24, 2.45) is 5.41 Å². The molecule has 0 bridgehead atoms. The first kappa shape index (κ1) is 22.3. The molecular weight excluding hydrogens is 402 g/mol. The van der Waals surface area contributed by atoms with Crippen molar-refractivity contribution >= 4 is 5.97 Å². The summed E-state index contributed by atoms with van der Waals surface area (Å²) in [6, 6.07) is 20.7. The molecule has 2 aliphatic rings. The molecule has 2 aromatic rings. The Morgan fingerprint density at radius 2 is 1.88 bits per heavy atom. The van der Waals surface area contributed by atoms with Gasteiger partial charge in [-0.1, -0.05) is 42.5 Å². The number of nitriles is 1. The van der Waals surface area contributed by atoms with Crippen LogP contribution in [0.25, 0.3) is 0 Å². The number of rotatable bonds is 10. The Labute approximate surface area is 189 Å². The minimum Gasteiger partial charge on any atom is -0.492 e. The molecule has 0 spiro atoms. The van der Waals surface area contributed by atoms with E-state index in [1.807, 2.05) is 18.2 Å². The zero-order valence-corrected chi connectivity index (χ0v) is 18.4. The van der Waals surface area contributed by atoms with E-state index in [9.17, 15) is 10.1 Å². The van der Waals surface area contributed by atoms with Crippen LogP contribution in [0.1, 0.15) is 42.7 Å². The van der Waals surface area contributed by atoms with Crippen LogP contribution < -0.4 is 10.1 Å². The van der Waals surface area contributed by atoms with Crippen LogP contribution >= 0.6 is 0 Å². The molecule has 1 aliphatic carbocycles. The monoisotopic (exact) mass is 433 g/mol. The molecule has 2 N–H and O–H groups in total. The molecule has 0 radical (unpaired) electrons. The maximum atomic E-state index is 10.9.